The number of carbonyl (C=O) groups excluding carboxylic acids is 2. The van der Waals surface area contributed by atoms with Crippen LogP contribution in [0.15, 0.2) is 47.7 Å². The summed E-state index contributed by atoms with van der Waals surface area (Å²) in [7, 11) is 4.64. The summed E-state index contributed by atoms with van der Waals surface area (Å²) in [4.78, 5) is 26.1. The SMILES string of the molecule is COc1cc([C@H]2CC(=O)NC3=C2C(=O)C[C@H](c2ccc(OC(C)C)cc2)C3)cc(OC)c1OC. The fraction of sp³-hybridized carbons (Fsp3) is 0.407. The molecule has 1 amide bonds. The van der Waals surface area contributed by atoms with Crippen LogP contribution in [0.4, 0.5) is 0 Å². The highest BCUT2D eigenvalue weighted by molar-refractivity contribution is 6.02. The summed E-state index contributed by atoms with van der Waals surface area (Å²) in [6.45, 7) is 3.97. The normalized spacial score (nSPS) is 20.1. The lowest BCUT2D eigenvalue weighted by atomic mass is 9.73. The molecule has 0 bridgehead atoms. The first-order valence-corrected chi connectivity index (χ1v) is 11.5. The average Bonchev–Trinajstić information content (AvgIpc) is 2.82. The largest absolute Gasteiger partial charge is 0.493 e. The van der Waals surface area contributed by atoms with Crippen LogP contribution >= 0.6 is 0 Å². The fourth-order valence-electron chi connectivity index (χ4n) is 4.87. The Bertz CT molecular complexity index is 1090. The highest BCUT2D eigenvalue weighted by Crippen LogP contribution is 2.46. The summed E-state index contributed by atoms with van der Waals surface area (Å²) < 4.78 is 22.1. The molecule has 0 saturated carbocycles. The lowest BCUT2D eigenvalue weighted by Crippen LogP contribution is -2.38. The molecular weight excluding hydrogens is 434 g/mol. The summed E-state index contributed by atoms with van der Waals surface area (Å²) in [5, 5.41) is 2.97. The Hall–Kier alpha value is -3.48. The summed E-state index contributed by atoms with van der Waals surface area (Å²) in [6, 6.07) is 11.5. The number of ketones is 1. The second-order valence-electron chi connectivity index (χ2n) is 8.92. The Morgan fingerprint density at radius 1 is 0.853 bits per heavy atom. The van der Waals surface area contributed by atoms with Crippen molar-refractivity contribution in [2.75, 3.05) is 21.3 Å². The predicted molar refractivity (Wildman–Crippen MR) is 128 cm³/mol. The third-order valence-corrected chi connectivity index (χ3v) is 6.35. The van der Waals surface area contributed by atoms with Crippen LogP contribution < -0.4 is 24.3 Å². The average molecular weight is 466 g/mol. The van der Waals surface area contributed by atoms with Gasteiger partial charge >= 0.3 is 0 Å². The van der Waals surface area contributed by atoms with Crippen LogP contribution in [0.25, 0.3) is 0 Å². The van der Waals surface area contributed by atoms with Crippen LogP contribution in [0.1, 0.15) is 56.1 Å². The molecule has 2 aliphatic rings. The second-order valence-corrected chi connectivity index (χ2v) is 8.92. The van der Waals surface area contributed by atoms with Crippen molar-refractivity contribution in [1.29, 1.82) is 0 Å². The molecule has 2 aromatic carbocycles. The van der Waals surface area contributed by atoms with Crippen LogP contribution in [-0.2, 0) is 9.59 Å². The Morgan fingerprint density at radius 2 is 1.50 bits per heavy atom. The molecule has 2 atom stereocenters. The molecule has 1 N–H and O–H groups in total. The third-order valence-electron chi connectivity index (χ3n) is 6.35. The summed E-state index contributed by atoms with van der Waals surface area (Å²) in [5.41, 5.74) is 3.22. The molecule has 1 aliphatic heterocycles. The number of amides is 1. The zero-order valence-corrected chi connectivity index (χ0v) is 20.3. The van der Waals surface area contributed by atoms with Crippen LogP contribution in [0.5, 0.6) is 23.0 Å². The smallest absolute Gasteiger partial charge is 0.225 e. The van der Waals surface area contributed by atoms with Gasteiger partial charge in [-0.15, -0.1) is 0 Å². The van der Waals surface area contributed by atoms with Gasteiger partial charge < -0.3 is 24.3 Å². The molecule has 7 heteroatoms. The molecule has 4 rings (SSSR count). The first-order chi connectivity index (χ1) is 16.3. The number of ether oxygens (including phenoxy) is 4. The Morgan fingerprint density at radius 3 is 2.06 bits per heavy atom. The minimum atomic E-state index is -0.368. The van der Waals surface area contributed by atoms with Gasteiger partial charge in [0.2, 0.25) is 11.7 Å². The lowest BCUT2D eigenvalue weighted by molar-refractivity contribution is -0.122. The maximum Gasteiger partial charge on any atom is 0.225 e. The van der Waals surface area contributed by atoms with Gasteiger partial charge in [0, 0.05) is 30.0 Å². The number of hydrogen-bond acceptors (Lipinski definition) is 6. The van der Waals surface area contributed by atoms with Crippen LogP contribution in [-0.4, -0.2) is 39.1 Å². The van der Waals surface area contributed by atoms with Crippen molar-refractivity contribution in [3.63, 3.8) is 0 Å². The molecular formula is C27H31NO6. The maximum atomic E-state index is 13.4. The van der Waals surface area contributed by atoms with Crippen molar-refractivity contribution in [2.45, 2.75) is 51.0 Å². The molecule has 34 heavy (non-hydrogen) atoms. The zero-order valence-electron chi connectivity index (χ0n) is 20.3. The number of hydrogen-bond donors (Lipinski definition) is 1. The topological polar surface area (TPSA) is 83.1 Å². The first kappa shape index (κ1) is 23.7. The van der Waals surface area contributed by atoms with Gasteiger partial charge in [-0.3, -0.25) is 9.59 Å². The molecule has 1 aliphatic carbocycles. The monoisotopic (exact) mass is 465 g/mol. The number of nitrogens with one attached hydrogen (secondary N) is 1. The zero-order chi connectivity index (χ0) is 24.4. The van der Waals surface area contributed by atoms with E-state index in [0.717, 1.165) is 16.9 Å². The van der Waals surface area contributed by atoms with Crippen molar-refractivity contribution in [2.24, 2.45) is 0 Å². The first-order valence-electron chi connectivity index (χ1n) is 11.5. The summed E-state index contributed by atoms with van der Waals surface area (Å²) in [6.07, 6.45) is 1.27. The van der Waals surface area contributed by atoms with Crippen molar-refractivity contribution in [3.8, 4) is 23.0 Å². The molecule has 7 nitrogen and oxygen atoms in total. The molecule has 180 valence electrons. The number of Topliss-reactive ketones (excluding diaryl/α,β-unsaturated/α-hetero) is 1. The van der Waals surface area contributed by atoms with E-state index in [2.05, 4.69) is 5.32 Å². The van der Waals surface area contributed by atoms with E-state index >= 15 is 0 Å². The van der Waals surface area contributed by atoms with Gasteiger partial charge in [0.05, 0.1) is 27.4 Å². The Labute approximate surface area is 200 Å². The molecule has 0 unspecified atom stereocenters. The van der Waals surface area contributed by atoms with Gasteiger partial charge in [-0.1, -0.05) is 12.1 Å². The molecule has 1 heterocycles. The van der Waals surface area contributed by atoms with E-state index in [9.17, 15) is 9.59 Å². The van der Waals surface area contributed by atoms with E-state index in [0.29, 0.717) is 41.4 Å². The number of benzene rings is 2. The standard InChI is InChI=1S/C27H31NO6/c1-15(2)34-19-8-6-16(7-9-19)17-10-21-26(22(29)11-17)20(14-25(30)28-21)18-12-23(31-3)27(33-5)24(13-18)32-4/h6-9,12-13,15,17,20H,10-11,14H2,1-5H3,(H,28,30)/t17-,20-/m1/s1. The summed E-state index contributed by atoms with van der Waals surface area (Å²) >= 11 is 0. The number of methoxy groups -OCH3 is 3. The van der Waals surface area contributed by atoms with Crippen LogP contribution in [0.3, 0.4) is 0 Å². The molecule has 2 aromatic rings. The van der Waals surface area contributed by atoms with Crippen molar-refractivity contribution >= 4 is 11.7 Å². The number of rotatable bonds is 7. The minimum Gasteiger partial charge on any atom is -0.493 e. The van der Waals surface area contributed by atoms with E-state index in [1.807, 2.05) is 50.2 Å². The maximum absolute atomic E-state index is 13.4. The Balaban J connectivity index is 1.68. The number of carbonyl (C=O) groups is 2. The minimum absolute atomic E-state index is 0.00154. The molecule has 0 spiro atoms. The van der Waals surface area contributed by atoms with E-state index < -0.39 is 0 Å². The van der Waals surface area contributed by atoms with Gasteiger partial charge in [0.25, 0.3) is 0 Å². The van der Waals surface area contributed by atoms with E-state index in [-0.39, 0.29) is 36.1 Å². The van der Waals surface area contributed by atoms with Crippen LogP contribution in [0, 0.1) is 0 Å². The molecule has 0 radical (unpaired) electrons. The second kappa shape index (κ2) is 9.79. The highest BCUT2D eigenvalue weighted by Gasteiger charge is 2.38. The lowest BCUT2D eigenvalue weighted by Gasteiger charge is -2.34. The van der Waals surface area contributed by atoms with Gasteiger partial charge in [0.15, 0.2) is 17.3 Å². The van der Waals surface area contributed by atoms with Gasteiger partial charge in [0.1, 0.15) is 5.75 Å². The van der Waals surface area contributed by atoms with Crippen molar-refractivity contribution < 1.29 is 28.5 Å². The van der Waals surface area contributed by atoms with Crippen molar-refractivity contribution in [1.82, 2.24) is 5.32 Å². The highest BCUT2D eigenvalue weighted by atomic mass is 16.5. The quantitative estimate of drug-likeness (QED) is 0.648. The van der Waals surface area contributed by atoms with Gasteiger partial charge in [-0.05, 0) is 61.6 Å². The van der Waals surface area contributed by atoms with E-state index in [1.165, 1.54) is 0 Å². The van der Waals surface area contributed by atoms with E-state index in [4.69, 9.17) is 18.9 Å². The number of allylic oxidation sites excluding steroid dienone is 2. The van der Waals surface area contributed by atoms with E-state index in [1.54, 1.807) is 21.3 Å². The Kier molecular flexibility index (Phi) is 6.82. The predicted octanol–water partition coefficient (Wildman–Crippen LogP) is 4.50. The summed E-state index contributed by atoms with van der Waals surface area (Å²) in [5.74, 6) is 1.84. The van der Waals surface area contributed by atoms with Crippen LogP contribution in [0.2, 0.25) is 0 Å². The van der Waals surface area contributed by atoms with Gasteiger partial charge in [-0.25, -0.2) is 0 Å². The molecule has 0 aromatic heterocycles. The van der Waals surface area contributed by atoms with Crippen molar-refractivity contribution in [3.05, 3.63) is 58.8 Å². The van der Waals surface area contributed by atoms with Gasteiger partial charge in [-0.2, -0.15) is 0 Å². The molecule has 0 saturated heterocycles. The third kappa shape index (κ3) is 4.60. The molecule has 0 fully saturated rings. The fourth-order valence-corrected chi connectivity index (χ4v) is 4.87.